The number of nitrogens with one attached hydrogen (secondary N) is 2. The second-order valence-electron chi connectivity index (χ2n) is 5.93. The number of hydrogen-bond acceptors (Lipinski definition) is 3. The quantitative estimate of drug-likeness (QED) is 0.907. The van der Waals surface area contributed by atoms with Crippen LogP contribution in [-0.2, 0) is 9.59 Å². The van der Waals surface area contributed by atoms with Gasteiger partial charge in [0.15, 0.2) is 0 Å². The highest BCUT2D eigenvalue weighted by Gasteiger charge is 2.32. The highest BCUT2D eigenvalue weighted by Crippen LogP contribution is 2.21. The summed E-state index contributed by atoms with van der Waals surface area (Å²) in [5, 5.41) is 6.20. The Morgan fingerprint density at radius 1 is 0.958 bits per heavy atom. The topological polar surface area (TPSA) is 61.4 Å². The molecule has 0 saturated carbocycles. The number of carbonyl (C=O) groups is 2. The first-order valence-corrected chi connectivity index (χ1v) is 8.14. The second kappa shape index (κ2) is 7.17. The molecule has 1 saturated heterocycles. The molecule has 24 heavy (non-hydrogen) atoms. The van der Waals surface area contributed by atoms with Crippen molar-refractivity contribution in [3.8, 4) is 0 Å². The molecule has 2 amide bonds. The first-order chi connectivity index (χ1) is 11.6. The predicted octanol–water partition coefficient (Wildman–Crippen LogP) is 3.38. The predicted molar refractivity (Wildman–Crippen MR) is 95.2 cm³/mol. The molecule has 1 heterocycles. The van der Waals surface area contributed by atoms with Crippen LogP contribution in [-0.4, -0.2) is 29.3 Å². The molecule has 1 fully saturated rings. The molecule has 1 atom stereocenters. The third kappa shape index (κ3) is 3.74. The number of amides is 2. The van der Waals surface area contributed by atoms with Gasteiger partial charge in [-0.2, -0.15) is 0 Å². The van der Waals surface area contributed by atoms with Crippen LogP contribution in [0.25, 0.3) is 0 Å². The van der Waals surface area contributed by atoms with E-state index in [2.05, 4.69) is 10.6 Å². The Hall–Kier alpha value is -2.82. The van der Waals surface area contributed by atoms with Crippen LogP contribution in [0.2, 0.25) is 0 Å². The second-order valence-corrected chi connectivity index (χ2v) is 5.93. The van der Waals surface area contributed by atoms with E-state index in [4.69, 9.17) is 0 Å². The average Bonchev–Trinajstić information content (AvgIpc) is 3.08. The van der Waals surface area contributed by atoms with E-state index in [0.717, 1.165) is 29.9 Å². The fourth-order valence-electron chi connectivity index (χ4n) is 2.97. The standard InChI is InChI=1S/C19H21N3O2/c1-14(23)22-13-5-8-18(22)19(24)21-17-11-9-16(10-12-17)20-15-6-3-2-4-7-15/h2-4,6-7,9-12,18,20H,5,8,13H2,1H3,(H,21,24). The monoisotopic (exact) mass is 323 g/mol. The number of anilines is 3. The maximum absolute atomic E-state index is 12.4. The highest BCUT2D eigenvalue weighted by atomic mass is 16.2. The van der Waals surface area contributed by atoms with Gasteiger partial charge in [0.25, 0.3) is 0 Å². The summed E-state index contributed by atoms with van der Waals surface area (Å²) in [6, 6.07) is 17.1. The SMILES string of the molecule is CC(=O)N1CCCC1C(=O)Nc1ccc(Nc2ccccc2)cc1. The van der Waals surface area contributed by atoms with Crippen molar-refractivity contribution in [3.63, 3.8) is 0 Å². The van der Waals surface area contributed by atoms with Crippen LogP contribution in [0.15, 0.2) is 54.6 Å². The summed E-state index contributed by atoms with van der Waals surface area (Å²) in [4.78, 5) is 25.6. The summed E-state index contributed by atoms with van der Waals surface area (Å²) in [5.41, 5.74) is 2.69. The van der Waals surface area contributed by atoms with Crippen LogP contribution in [0, 0.1) is 0 Å². The van der Waals surface area contributed by atoms with E-state index >= 15 is 0 Å². The van der Waals surface area contributed by atoms with E-state index in [-0.39, 0.29) is 17.9 Å². The van der Waals surface area contributed by atoms with Gasteiger partial charge in [0.05, 0.1) is 0 Å². The molecule has 0 spiro atoms. The van der Waals surface area contributed by atoms with Gasteiger partial charge in [-0.25, -0.2) is 0 Å². The van der Waals surface area contributed by atoms with E-state index in [0.29, 0.717) is 6.54 Å². The minimum atomic E-state index is -0.357. The molecule has 124 valence electrons. The summed E-state index contributed by atoms with van der Waals surface area (Å²) in [6.45, 7) is 2.17. The zero-order chi connectivity index (χ0) is 16.9. The van der Waals surface area contributed by atoms with Crippen LogP contribution < -0.4 is 10.6 Å². The molecule has 0 radical (unpaired) electrons. The third-order valence-electron chi connectivity index (χ3n) is 4.17. The number of likely N-dealkylation sites (tertiary alicyclic amines) is 1. The van der Waals surface area contributed by atoms with Crippen molar-refractivity contribution in [1.29, 1.82) is 0 Å². The van der Waals surface area contributed by atoms with E-state index in [1.807, 2.05) is 54.6 Å². The van der Waals surface area contributed by atoms with Crippen LogP contribution in [0.4, 0.5) is 17.1 Å². The highest BCUT2D eigenvalue weighted by molar-refractivity contribution is 5.97. The van der Waals surface area contributed by atoms with Gasteiger partial charge in [0, 0.05) is 30.5 Å². The number of nitrogens with zero attached hydrogens (tertiary/aromatic N) is 1. The Labute approximate surface area is 141 Å². The average molecular weight is 323 g/mol. The Kier molecular flexibility index (Phi) is 4.79. The lowest BCUT2D eigenvalue weighted by Gasteiger charge is -2.22. The van der Waals surface area contributed by atoms with E-state index in [1.165, 1.54) is 6.92 Å². The van der Waals surface area contributed by atoms with Gasteiger partial charge in [0.1, 0.15) is 6.04 Å². The fourth-order valence-corrected chi connectivity index (χ4v) is 2.97. The van der Waals surface area contributed by atoms with Gasteiger partial charge in [-0.1, -0.05) is 18.2 Å². The summed E-state index contributed by atoms with van der Waals surface area (Å²) in [6.07, 6.45) is 1.59. The molecule has 2 aromatic rings. The molecule has 0 bridgehead atoms. The first-order valence-electron chi connectivity index (χ1n) is 8.14. The zero-order valence-electron chi connectivity index (χ0n) is 13.7. The summed E-state index contributed by atoms with van der Waals surface area (Å²) < 4.78 is 0. The van der Waals surface area contributed by atoms with E-state index in [1.54, 1.807) is 4.90 Å². The molecule has 2 aromatic carbocycles. The van der Waals surface area contributed by atoms with Crippen LogP contribution in [0.1, 0.15) is 19.8 Å². The number of rotatable bonds is 4. The lowest BCUT2D eigenvalue weighted by molar-refractivity contribution is -0.134. The number of benzene rings is 2. The van der Waals surface area contributed by atoms with E-state index < -0.39 is 0 Å². The van der Waals surface area contributed by atoms with Gasteiger partial charge in [-0.15, -0.1) is 0 Å². The number of para-hydroxylation sites is 1. The Morgan fingerprint density at radius 2 is 1.58 bits per heavy atom. The molecule has 1 unspecified atom stereocenters. The maximum atomic E-state index is 12.4. The van der Waals surface area contributed by atoms with Crippen molar-refractivity contribution in [2.24, 2.45) is 0 Å². The smallest absolute Gasteiger partial charge is 0.247 e. The van der Waals surface area contributed by atoms with Crippen molar-refractivity contribution in [1.82, 2.24) is 4.90 Å². The number of carbonyl (C=O) groups excluding carboxylic acids is 2. The summed E-state index contributed by atoms with van der Waals surface area (Å²) in [5.74, 6) is -0.165. The first kappa shape index (κ1) is 16.1. The normalized spacial score (nSPS) is 16.7. The molecule has 1 aliphatic rings. The minimum Gasteiger partial charge on any atom is -0.356 e. The molecule has 1 aliphatic heterocycles. The Bertz CT molecular complexity index is 713. The molecular formula is C19H21N3O2. The van der Waals surface area contributed by atoms with Crippen LogP contribution in [0.5, 0.6) is 0 Å². The molecule has 5 heteroatoms. The lowest BCUT2D eigenvalue weighted by atomic mass is 10.2. The molecule has 2 N–H and O–H groups in total. The Balaban J connectivity index is 1.62. The molecular weight excluding hydrogens is 302 g/mol. The van der Waals surface area contributed by atoms with E-state index in [9.17, 15) is 9.59 Å². The maximum Gasteiger partial charge on any atom is 0.247 e. The largest absolute Gasteiger partial charge is 0.356 e. The minimum absolute atomic E-state index is 0.0462. The summed E-state index contributed by atoms with van der Waals surface area (Å²) in [7, 11) is 0. The van der Waals surface area contributed by atoms with Crippen molar-refractivity contribution >= 4 is 28.9 Å². The zero-order valence-corrected chi connectivity index (χ0v) is 13.7. The van der Waals surface area contributed by atoms with Crippen molar-refractivity contribution in [2.75, 3.05) is 17.2 Å². The van der Waals surface area contributed by atoms with Gasteiger partial charge >= 0.3 is 0 Å². The van der Waals surface area contributed by atoms with Gasteiger partial charge < -0.3 is 15.5 Å². The van der Waals surface area contributed by atoms with Crippen molar-refractivity contribution in [3.05, 3.63) is 54.6 Å². The third-order valence-corrected chi connectivity index (χ3v) is 4.17. The van der Waals surface area contributed by atoms with Gasteiger partial charge in [-0.3, -0.25) is 9.59 Å². The summed E-state index contributed by atoms with van der Waals surface area (Å²) >= 11 is 0. The molecule has 0 aliphatic carbocycles. The van der Waals surface area contributed by atoms with Crippen molar-refractivity contribution in [2.45, 2.75) is 25.8 Å². The number of hydrogen-bond donors (Lipinski definition) is 2. The Morgan fingerprint density at radius 3 is 2.25 bits per heavy atom. The van der Waals surface area contributed by atoms with Gasteiger partial charge in [0.2, 0.25) is 11.8 Å². The fraction of sp³-hybridized carbons (Fsp3) is 0.263. The molecule has 3 rings (SSSR count). The van der Waals surface area contributed by atoms with Gasteiger partial charge in [-0.05, 0) is 49.2 Å². The van der Waals surface area contributed by atoms with Crippen LogP contribution >= 0.6 is 0 Å². The van der Waals surface area contributed by atoms with Crippen molar-refractivity contribution < 1.29 is 9.59 Å². The molecule has 0 aromatic heterocycles. The van der Waals surface area contributed by atoms with Crippen LogP contribution in [0.3, 0.4) is 0 Å². The molecule has 5 nitrogen and oxygen atoms in total. The lowest BCUT2D eigenvalue weighted by Crippen LogP contribution is -2.42.